The van der Waals surface area contributed by atoms with Gasteiger partial charge in [0.25, 0.3) is 0 Å². The third kappa shape index (κ3) is 3.85. The van der Waals surface area contributed by atoms with Gasteiger partial charge >= 0.3 is 0 Å². The molecule has 1 saturated carbocycles. The van der Waals surface area contributed by atoms with Crippen molar-refractivity contribution in [2.75, 3.05) is 0 Å². The average Bonchev–Trinajstić information content (AvgIpc) is 2.33. The van der Waals surface area contributed by atoms with E-state index in [1.54, 1.807) is 0 Å². The molecular formula is C13H18BrCl2N. The van der Waals surface area contributed by atoms with Crippen molar-refractivity contribution in [2.24, 2.45) is 11.7 Å². The Morgan fingerprint density at radius 2 is 1.88 bits per heavy atom. The number of benzene rings is 1. The monoisotopic (exact) mass is 337 g/mol. The van der Waals surface area contributed by atoms with Crippen molar-refractivity contribution in [3.8, 4) is 0 Å². The molecule has 1 aromatic carbocycles. The molecule has 1 nitrogen and oxygen atoms in total. The van der Waals surface area contributed by atoms with E-state index in [1.165, 1.54) is 37.7 Å². The largest absolute Gasteiger partial charge is 0.324 e. The molecule has 4 heteroatoms. The molecule has 1 atom stereocenters. The normalized spacial score (nSPS) is 18.5. The van der Waals surface area contributed by atoms with Crippen molar-refractivity contribution >= 4 is 39.9 Å². The van der Waals surface area contributed by atoms with E-state index < -0.39 is 0 Å². The van der Waals surface area contributed by atoms with Crippen LogP contribution >= 0.6 is 39.9 Å². The summed E-state index contributed by atoms with van der Waals surface area (Å²) in [5.74, 6) is 0.641. The van der Waals surface area contributed by atoms with E-state index in [0.29, 0.717) is 5.92 Å². The Bertz CT molecular complexity index is 364. The van der Waals surface area contributed by atoms with Crippen LogP contribution in [-0.2, 0) is 0 Å². The molecule has 0 bridgehead atoms. The van der Waals surface area contributed by atoms with Gasteiger partial charge in [-0.2, -0.15) is 0 Å². The SMILES string of the molecule is Cl.N[C@H](c1ccc(Cl)c(Br)c1)C1CCCCC1. The first-order valence-corrected chi connectivity index (χ1v) is 7.06. The molecule has 2 rings (SSSR count). The first-order chi connectivity index (χ1) is 7.68. The van der Waals surface area contributed by atoms with Crippen molar-refractivity contribution in [3.05, 3.63) is 33.3 Å². The van der Waals surface area contributed by atoms with Gasteiger partial charge in [0.2, 0.25) is 0 Å². The molecule has 0 spiro atoms. The van der Waals surface area contributed by atoms with Crippen molar-refractivity contribution in [1.82, 2.24) is 0 Å². The zero-order chi connectivity index (χ0) is 11.5. The van der Waals surface area contributed by atoms with E-state index in [-0.39, 0.29) is 18.4 Å². The van der Waals surface area contributed by atoms with E-state index in [4.69, 9.17) is 17.3 Å². The van der Waals surface area contributed by atoms with Gasteiger partial charge in [0, 0.05) is 10.5 Å². The van der Waals surface area contributed by atoms with Gasteiger partial charge in [0.15, 0.2) is 0 Å². The number of hydrogen-bond acceptors (Lipinski definition) is 1. The Balaban J connectivity index is 0.00000144. The Morgan fingerprint density at radius 1 is 1.24 bits per heavy atom. The van der Waals surface area contributed by atoms with Gasteiger partial charge < -0.3 is 5.73 Å². The summed E-state index contributed by atoms with van der Waals surface area (Å²) in [4.78, 5) is 0. The van der Waals surface area contributed by atoms with Crippen LogP contribution < -0.4 is 5.73 Å². The molecule has 0 aromatic heterocycles. The minimum atomic E-state index is 0. The molecule has 0 radical (unpaired) electrons. The maximum absolute atomic E-state index is 6.32. The van der Waals surface area contributed by atoms with Crippen LogP contribution in [0.5, 0.6) is 0 Å². The zero-order valence-electron chi connectivity index (χ0n) is 9.66. The number of halogens is 3. The van der Waals surface area contributed by atoms with Crippen LogP contribution in [0, 0.1) is 5.92 Å². The van der Waals surface area contributed by atoms with Crippen molar-refractivity contribution in [3.63, 3.8) is 0 Å². The first kappa shape index (κ1) is 15.3. The molecule has 2 N–H and O–H groups in total. The lowest BCUT2D eigenvalue weighted by atomic mass is 9.81. The van der Waals surface area contributed by atoms with Crippen LogP contribution in [0.4, 0.5) is 0 Å². The predicted octanol–water partition coefficient (Wildman–Crippen LogP) is 5.10. The molecular weight excluding hydrogens is 321 g/mol. The summed E-state index contributed by atoms with van der Waals surface area (Å²) in [6.45, 7) is 0. The Hall–Kier alpha value is 0.240. The van der Waals surface area contributed by atoms with E-state index in [2.05, 4.69) is 22.0 Å². The minimum absolute atomic E-state index is 0. The molecule has 96 valence electrons. The van der Waals surface area contributed by atoms with Gasteiger partial charge in [-0.3, -0.25) is 0 Å². The van der Waals surface area contributed by atoms with Gasteiger partial charge in [-0.25, -0.2) is 0 Å². The average molecular weight is 339 g/mol. The summed E-state index contributed by atoms with van der Waals surface area (Å²) in [7, 11) is 0. The molecule has 0 unspecified atom stereocenters. The molecule has 1 aromatic rings. The highest BCUT2D eigenvalue weighted by Crippen LogP contribution is 2.34. The van der Waals surface area contributed by atoms with Crippen molar-refractivity contribution in [2.45, 2.75) is 38.1 Å². The van der Waals surface area contributed by atoms with Crippen LogP contribution in [0.1, 0.15) is 43.7 Å². The lowest BCUT2D eigenvalue weighted by Crippen LogP contribution is -2.23. The summed E-state index contributed by atoms with van der Waals surface area (Å²) in [5, 5.41) is 0.750. The Kier molecular flexibility index (Phi) is 6.28. The summed E-state index contributed by atoms with van der Waals surface area (Å²) in [5.41, 5.74) is 7.52. The lowest BCUT2D eigenvalue weighted by molar-refractivity contribution is 0.308. The van der Waals surface area contributed by atoms with Crippen LogP contribution in [-0.4, -0.2) is 0 Å². The van der Waals surface area contributed by atoms with E-state index in [1.807, 2.05) is 12.1 Å². The quantitative estimate of drug-likeness (QED) is 0.797. The lowest BCUT2D eigenvalue weighted by Gasteiger charge is -2.27. The fraction of sp³-hybridized carbons (Fsp3) is 0.538. The molecule has 1 aliphatic carbocycles. The molecule has 1 aliphatic rings. The number of nitrogens with two attached hydrogens (primary N) is 1. The van der Waals surface area contributed by atoms with Gasteiger partial charge in [0.1, 0.15) is 0 Å². The van der Waals surface area contributed by atoms with Gasteiger partial charge in [-0.1, -0.05) is 36.9 Å². The van der Waals surface area contributed by atoms with Crippen LogP contribution in [0.25, 0.3) is 0 Å². The molecule has 0 heterocycles. The summed E-state index contributed by atoms with van der Waals surface area (Å²) in [6.07, 6.45) is 6.55. The molecule has 17 heavy (non-hydrogen) atoms. The van der Waals surface area contributed by atoms with Gasteiger partial charge in [-0.05, 0) is 52.4 Å². The summed E-state index contributed by atoms with van der Waals surface area (Å²) < 4.78 is 0.943. The smallest absolute Gasteiger partial charge is 0.0548 e. The second kappa shape index (κ2) is 6.98. The summed E-state index contributed by atoms with van der Waals surface area (Å²) in [6, 6.07) is 6.19. The molecule has 0 amide bonds. The standard InChI is InChI=1S/C13H17BrClN.ClH/c14-11-8-10(6-7-12(11)15)13(16)9-4-2-1-3-5-9;/h6-9,13H,1-5,16H2;1H/t13-;/m0./s1. The maximum Gasteiger partial charge on any atom is 0.0548 e. The highest BCUT2D eigenvalue weighted by molar-refractivity contribution is 9.10. The first-order valence-electron chi connectivity index (χ1n) is 5.89. The highest BCUT2D eigenvalue weighted by atomic mass is 79.9. The van der Waals surface area contributed by atoms with Crippen molar-refractivity contribution < 1.29 is 0 Å². The van der Waals surface area contributed by atoms with Crippen LogP contribution in [0.2, 0.25) is 5.02 Å². The number of hydrogen-bond donors (Lipinski definition) is 1. The zero-order valence-corrected chi connectivity index (χ0v) is 12.8. The van der Waals surface area contributed by atoms with E-state index in [9.17, 15) is 0 Å². The maximum atomic E-state index is 6.32. The van der Waals surface area contributed by atoms with Crippen LogP contribution in [0.3, 0.4) is 0 Å². The highest BCUT2D eigenvalue weighted by Gasteiger charge is 2.22. The minimum Gasteiger partial charge on any atom is -0.324 e. The van der Waals surface area contributed by atoms with E-state index >= 15 is 0 Å². The summed E-state index contributed by atoms with van der Waals surface area (Å²) >= 11 is 9.43. The fourth-order valence-electron chi connectivity index (χ4n) is 2.49. The van der Waals surface area contributed by atoms with Gasteiger partial charge in [-0.15, -0.1) is 12.4 Å². The Labute approximate surface area is 123 Å². The second-order valence-electron chi connectivity index (χ2n) is 4.60. The Morgan fingerprint density at radius 3 is 2.47 bits per heavy atom. The molecule has 0 aliphatic heterocycles. The van der Waals surface area contributed by atoms with E-state index in [0.717, 1.165) is 9.50 Å². The fourth-order valence-corrected chi connectivity index (χ4v) is 3.00. The number of rotatable bonds is 2. The molecule has 1 fully saturated rings. The van der Waals surface area contributed by atoms with Gasteiger partial charge in [0.05, 0.1) is 5.02 Å². The van der Waals surface area contributed by atoms with Crippen LogP contribution in [0.15, 0.2) is 22.7 Å². The third-order valence-electron chi connectivity index (χ3n) is 3.49. The third-order valence-corrected chi connectivity index (χ3v) is 4.70. The van der Waals surface area contributed by atoms with Crippen molar-refractivity contribution in [1.29, 1.82) is 0 Å². The predicted molar refractivity (Wildman–Crippen MR) is 79.9 cm³/mol. The molecule has 0 saturated heterocycles. The second-order valence-corrected chi connectivity index (χ2v) is 5.86. The topological polar surface area (TPSA) is 26.0 Å².